The highest BCUT2D eigenvalue weighted by molar-refractivity contribution is 4.98. The lowest BCUT2D eigenvalue weighted by atomic mass is 10.1. The largest absolute Gasteiger partial charge is 0.339 e. The number of nitrogens with zero attached hydrogens (tertiary/aromatic N) is 4. The van der Waals surface area contributed by atoms with Gasteiger partial charge in [-0.2, -0.15) is 4.98 Å². The van der Waals surface area contributed by atoms with E-state index in [1.807, 2.05) is 0 Å². The van der Waals surface area contributed by atoms with Crippen LogP contribution in [0.15, 0.2) is 4.52 Å². The number of rotatable bonds is 3. The highest BCUT2D eigenvalue weighted by Gasteiger charge is 2.28. The topological polar surface area (TPSA) is 57.4 Å². The van der Waals surface area contributed by atoms with Crippen LogP contribution in [-0.2, 0) is 6.42 Å². The number of piperazine rings is 1. The summed E-state index contributed by atoms with van der Waals surface area (Å²) in [6.07, 6.45) is 2.12. The Labute approximate surface area is 114 Å². The van der Waals surface area contributed by atoms with E-state index in [1.165, 1.54) is 6.42 Å². The van der Waals surface area contributed by atoms with Crippen LogP contribution in [0.5, 0.6) is 0 Å². The third-order valence-corrected chi connectivity index (χ3v) is 4.26. The van der Waals surface area contributed by atoms with Crippen molar-refractivity contribution >= 4 is 0 Å². The summed E-state index contributed by atoms with van der Waals surface area (Å²) < 4.78 is 5.43. The highest BCUT2D eigenvalue weighted by atomic mass is 16.5. The summed E-state index contributed by atoms with van der Waals surface area (Å²) in [7, 11) is 4.28. The summed E-state index contributed by atoms with van der Waals surface area (Å²) in [5, 5.41) is 7.56. The Hall–Kier alpha value is -0.980. The van der Waals surface area contributed by atoms with Gasteiger partial charge in [-0.25, -0.2) is 0 Å². The van der Waals surface area contributed by atoms with Crippen LogP contribution in [0.2, 0.25) is 0 Å². The zero-order valence-electron chi connectivity index (χ0n) is 11.8. The lowest BCUT2D eigenvalue weighted by molar-refractivity contribution is 0.108. The molecule has 2 unspecified atom stereocenters. The molecule has 3 heterocycles. The number of hydrogen-bond donors (Lipinski definition) is 1. The van der Waals surface area contributed by atoms with Gasteiger partial charge in [-0.3, -0.25) is 4.90 Å². The van der Waals surface area contributed by atoms with Crippen molar-refractivity contribution < 1.29 is 4.52 Å². The van der Waals surface area contributed by atoms with Crippen molar-refractivity contribution in [2.75, 3.05) is 46.8 Å². The molecule has 6 nitrogen and oxygen atoms in total. The molecule has 19 heavy (non-hydrogen) atoms. The lowest BCUT2D eigenvalue weighted by Crippen LogP contribution is -2.45. The molecule has 1 aromatic rings. The van der Waals surface area contributed by atoms with Gasteiger partial charge >= 0.3 is 0 Å². The SMILES string of the molecule is CN1CCN(C)C(c2noc(CC3CCNC3)n2)C1. The quantitative estimate of drug-likeness (QED) is 0.839. The van der Waals surface area contributed by atoms with Crippen molar-refractivity contribution in [3.8, 4) is 0 Å². The smallest absolute Gasteiger partial charge is 0.227 e. The van der Waals surface area contributed by atoms with Gasteiger partial charge in [0.05, 0.1) is 6.04 Å². The van der Waals surface area contributed by atoms with Crippen molar-refractivity contribution in [2.24, 2.45) is 5.92 Å². The second kappa shape index (κ2) is 5.56. The first-order valence-electron chi connectivity index (χ1n) is 7.14. The third kappa shape index (κ3) is 2.96. The molecule has 0 radical (unpaired) electrons. The molecule has 0 saturated carbocycles. The highest BCUT2D eigenvalue weighted by Crippen LogP contribution is 2.22. The summed E-state index contributed by atoms with van der Waals surface area (Å²) in [5.41, 5.74) is 0. The molecule has 6 heteroatoms. The van der Waals surface area contributed by atoms with Crippen LogP contribution in [-0.4, -0.2) is 66.8 Å². The molecule has 1 aromatic heterocycles. The standard InChI is InChI=1S/C13H23N5O/c1-17-5-6-18(2)11(9-17)13-15-12(19-16-13)7-10-3-4-14-8-10/h10-11,14H,3-9H2,1-2H3. The minimum absolute atomic E-state index is 0.262. The molecular weight excluding hydrogens is 242 g/mol. The second-order valence-corrected chi connectivity index (χ2v) is 5.87. The van der Waals surface area contributed by atoms with E-state index in [0.717, 1.165) is 50.9 Å². The second-order valence-electron chi connectivity index (χ2n) is 5.87. The monoisotopic (exact) mass is 265 g/mol. The summed E-state index contributed by atoms with van der Waals surface area (Å²) in [6, 6.07) is 0.262. The minimum atomic E-state index is 0.262. The molecule has 3 rings (SSSR count). The molecule has 0 bridgehead atoms. The van der Waals surface area contributed by atoms with E-state index in [4.69, 9.17) is 4.52 Å². The molecule has 2 saturated heterocycles. The first kappa shape index (κ1) is 13.0. The predicted octanol–water partition coefficient (Wildman–Crippen LogP) is 0.140. The molecular formula is C13H23N5O. The van der Waals surface area contributed by atoms with Gasteiger partial charge in [0.2, 0.25) is 5.89 Å². The Kier molecular flexibility index (Phi) is 3.81. The fraction of sp³-hybridized carbons (Fsp3) is 0.846. The van der Waals surface area contributed by atoms with Crippen molar-refractivity contribution in [1.29, 1.82) is 0 Å². The maximum Gasteiger partial charge on any atom is 0.227 e. The Morgan fingerprint density at radius 1 is 1.37 bits per heavy atom. The molecule has 2 aliphatic heterocycles. The van der Waals surface area contributed by atoms with Crippen LogP contribution in [0.25, 0.3) is 0 Å². The van der Waals surface area contributed by atoms with E-state index in [0.29, 0.717) is 5.92 Å². The normalized spacial score (nSPS) is 30.0. The van der Waals surface area contributed by atoms with E-state index in [2.05, 4.69) is 39.4 Å². The van der Waals surface area contributed by atoms with E-state index in [-0.39, 0.29) is 6.04 Å². The Balaban J connectivity index is 1.66. The van der Waals surface area contributed by atoms with Crippen molar-refractivity contribution in [1.82, 2.24) is 25.3 Å². The Morgan fingerprint density at radius 3 is 3.05 bits per heavy atom. The molecule has 0 spiro atoms. The van der Waals surface area contributed by atoms with E-state index >= 15 is 0 Å². The summed E-state index contributed by atoms with van der Waals surface area (Å²) >= 11 is 0. The summed E-state index contributed by atoms with van der Waals surface area (Å²) in [5.74, 6) is 2.29. The summed E-state index contributed by atoms with van der Waals surface area (Å²) in [6.45, 7) is 5.31. The molecule has 0 aliphatic carbocycles. The summed E-state index contributed by atoms with van der Waals surface area (Å²) in [4.78, 5) is 9.24. The lowest BCUT2D eigenvalue weighted by Gasteiger charge is -2.35. The van der Waals surface area contributed by atoms with E-state index in [1.54, 1.807) is 0 Å². The first-order valence-corrected chi connectivity index (χ1v) is 7.14. The number of likely N-dealkylation sites (N-methyl/N-ethyl adjacent to an activating group) is 2. The van der Waals surface area contributed by atoms with Crippen molar-refractivity contribution in [2.45, 2.75) is 18.9 Å². The Morgan fingerprint density at radius 2 is 2.26 bits per heavy atom. The van der Waals surface area contributed by atoms with E-state index < -0.39 is 0 Å². The Bertz CT molecular complexity index is 415. The predicted molar refractivity (Wildman–Crippen MR) is 71.8 cm³/mol. The van der Waals surface area contributed by atoms with Gasteiger partial charge in [0.1, 0.15) is 0 Å². The molecule has 0 aromatic carbocycles. The van der Waals surface area contributed by atoms with Crippen LogP contribution < -0.4 is 5.32 Å². The maximum absolute atomic E-state index is 5.43. The van der Waals surface area contributed by atoms with Crippen molar-refractivity contribution in [3.05, 3.63) is 11.7 Å². The first-order chi connectivity index (χ1) is 9.22. The third-order valence-electron chi connectivity index (χ3n) is 4.26. The van der Waals surface area contributed by atoms with Crippen LogP contribution in [0.1, 0.15) is 24.2 Å². The number of nitrogens with one attached hydrogen (secondary N) is 1. The maximum atomic E-state index is 5.43. The molecule has 0 amide bonds. The molecule has 106 valence electrons. The van der Waals surface area contributed by atoms with Crippen LogP contribution in [0.3, 0.4) is 0 Å². The van der Waals surface area contributed by atoms with Gasteiger partial charge in [-0.15, -0.1) is 0 Å². The molecule has 2 aliphatic rings. The van der Waals surface area contributed by atoms with E-state index in [9.17, 15) is 0 Å². The number of aromatic nitrogens is 2. The molecule has 2 atom stereocenters. The van der Waals surface area contributed by atoms with Gasteiger partial charge in [0, 0.05) is 26.1 Å². The zero-order valence-corrected chi connectivity index (χ0v) is 11.8. The minimum Gasteiger partial charge on any atom is -0.339 e. The average Bonchev–Trinajstić information content (AvgIpc) is 3.04. The fourth-order valence-corrected chi connectivity index (χ4v) is 2.91. The van der Waals surface area contributed by atoms with Gasteiger partial charge in [0.15, 0.2) is 5.82 Å². The van der Waals surface area contributed by atoms with Gasteiger partial charge < -0.3 is 14.7 Å². The molecule has 1 N–H and O–H groups in total. The van der Waals surface area contributed by atoms with Crippen LogP contribution in [0, 0.1) is 5.92 Å². The molecule has 2 fully saturated rings. The fourth-order valence-electron chi connectivity index (χ4n) is 2.91. The van der Waals surface area contributed by atoms with Crippen LogP contribution in [0.4, 0.5) is 0 Å². The van der Waals surface area contributed by atoms with Gasteiger partial charge in [0.25, 0.3) is 0 Å². The average molecular weight is 265 g/mol. The number of hydrogen-bond acceptors (Lipinski definition) is 6. The zero-order chi connectivity index (χ0) is 13.2. The van der Waals surface area contributed by atoms with Gasteiger partial charge in [-0.1, -0.05) is 5.16 Å². The van der Waals surface area contributed by atoms with Gasteiger partial charge in [-0.05, 0) is 39.5 Å². The van der Waals surface area contributed by atoms with Crippen LogP contribution >= 0.6 is 0 Å². The van der Waals surface area contributed by atoms with Crippen molar-refractivity contribution in [3.63, 3.8) is 0 Å².